The van der Waals surface area contributed by atoms with Gasteiger partial charge in [-0.05, 0) is 30.8 Å². The van der Waals surface area contributed by atoms with Gasteiger partial charge in [0.2, 0.25) is 0 Å². The molecule has 0 aromatic carbocycles. The number of furan rings is 1. The molecule has 0 bridgehead atoms. The average Bonchev–Trinajstić information content (AvgIpc) is 3.39. The molecule has 150 valence electrons. The molecule has 0 saturated carbocycles. The molecule has 3 aromatic heterocycles. The van der Waals surface area contributed by atoms with Gasteiger partial charge in [-0.15, -0.1) is 0 Å². The van der Waals surface area contributed by atoms with E-state index in [0.717, 1.165) is 51.6 Å². The molecule has 11 heteroatoms. The fourth-order valence-corrected chi connectivity index (χ4v) is 3.72. The number of morpholine rings is 1. The number of aromatic nitrogens is 5. The molecule has 4 heterocycles. The molecule has 8 nitrogen and oxygen atoms in total. The predicted molar refractivity (Wildman–Crippen MR) is 108 cm³/mol. The highest BCUT2D eigenvalue weighted by Crippen LogP contribution is 2.24. The van der Waals surface area contributed by atoms with E-state index in [4.69, 9.17) is 44.6 Å². The molecule has 0 spiro atoms. The molecule has 0 atom stereocenters. The van der Waals surface area contributed by atoms with Crippen molar-refractivity contribution in [3.8, 4) is 11.6 Å². The number of hydrogen-bond acceptors (Lipinski definition) is 6. The van der Waals surface area contributed by atoms with Crippen molar-refractivity contribution >= 4 is 35.4 Å². The van der Waals surface area contributed by atoms with Crippen LogP contribution in [0.1, 0.15) is 12.2 Å². The van der Waals surface area contributed by atoms with Crippen LogP contribution in [0.4, 0.5) is 0 Å². The number of aromatic amines is 1. The monoisotopic (exact) mass is 442 g/mol. The van der Waals surface area contributed by atoms with Crippen LogP contribution in [0, 0.1) is 4.77 Å². The summed E-state index contributed by atoms with van der Waals surface area (Å²) in [6, 6.07) is 3.76. The molecule has 1 saturated heterocycles. The maximum Gasteiger partial charge on any atom is 0.198 e. The molecular weight excluding hydrogens is 423 g/mol. The third-order valence-corrected chi connectivity index (χ3v) is 5.74. The van der Waals surface area contributed by atoms with Gasteiger partial charge in [-0.1, -0.05) is 23.2 Å². The number of halogens is 2. The lowest BCUT2D eigenvalue weighted by Crippen LogP contribution is -2.37. The minimum atomic E-state index is 0.273. The van der Waals surface area contributed by atoms with Crippen LogP contribution in [-0.2, 0) is 17.8 Å². The van der Waals surface area contributed by atoms with E-state index in [1.54, 1.807) is 10.9 Å². The van der Waals surface area contributed by atoms with E-state index >= 15 is 0 Å². The third kappa shape index (κ3) is 4.33. The van der Waals surface area contributed by atoms with E-state index in [1.165, 1.54) is 0 Å². The Morgan fingerprint density at radius 2 is 2.00 bits per heavy atom. The standard InChI is InChI=1S/C17H20Cl2N6O2S/c18-14-15(19)24(11-20-14)10-12-2-3-13(27-12)16-21-22-17(28)25(16)5-1-4-23-6-8-26-9-7-23/h2-3,11H,1,4-10H2,(H,22,28). The van der Waals surface area contributed by atoms with Crippen molar-refractivity contribution < 1.29 is 9.15 Å². The fraction of sp³-hybridized carbons (Fsp3) is 0.471. The van der Waals surface area contributed by atoms with E-state index < -0.39 is 0 Å². The van der Waals surface area contributed by atoms with Gasteiger partial charge in [0.25, 0.3) is 0 Å². The van der Waals surface area contributed by atoms with Gasteiger partial charge in [0.15, 0.2) is 21.5 Å². The van der Waals surface area contributed by atoms with Gasteiger partial charge in [0, 0.05) is 26.2 Å². The zero-order chi connectivity index (χ0) is 19.5. The number of H-pyrrole nitrogens is 1. The van der Waals surface area contributed by atoms with Crippen molar-refractivity contribution in [1.82, 2.24) is 29.2 Å². The second-order valence-electron chi connectivity index (χ2n) is 6.53. The number of imidazole rings is 1. The first-order valence-corrected chi connectivity index (χ1v) is 10.2. The Kier molecular flexibility index (Phi) is 6.17. The quantitative estimate of drug-likeness (QED) is 0.564. The van der Waals surface area contributed by atoms with Crippen molar-refractivity contribution in [2.75, 3.05) is 32.8 Å². The molecule has 28 heavy (non-hydrogen) atoms. The van der Waals surface area contributed by atoms with Crippen LogP contribution in [0.5, 0.6) is 0 Å². The van der Waals surface area contributed by atoms with Crippen molar-refractivity contribution in [3.05, 3.63) is 39.3 Å². The van der Waals surface area contributed by atoms with Gasteiger partial charge in [-0.25, -0.2) is 4.98 Å². The molecule has 1 fully saturated rings. The Balaban J connectivity index is 1.44. The minimum absolute atomic E-state index is 0.273. The molecule has 1 N–H and O–H groups in total. The maximum absolute atomic E-state index is 6.11. The summed E-state index contributed by atoms with van der Waals surface area (Å²) in [4.78, 5) is 6.38. The lowest BCUT2D eigenvalue weighted by Gasteiger charge is -2.26. The van der Waals surface area contributed by atoms with Crippen LogP contribution in [0.2, 0.25) is 10.3 Å². The van der Waals surface area contributed by atoms with E-state index in [0.29, 0.717) is 28.1 Å². The van der Waals surface area contributed by atoms with Crippen LogP contribution >= 0.6 is 35.4 Å². The zero-order valence-corrected chi connectivity index (χ0v) is 17.4. The number of rotatable bonds is 7. The van der Waals surface area contributed by atoms with E-state index in [2.05, 4.69) is 20.1 Å². The summed E-state index contributed by atoms with van der Waals surface area (Å²) >= 11 is 17.4. The van der Waals surface area contributed by atoms with Crippen LogP contribution in [0.15, 0.2) is 22.9 Å². The van der Waals surface area contributed by atoms with E-state index in [-0.39, 0.29) is 5.15 Å². The third-order valence-electron chi connectivity index (χ3n) is 4.66. The van der Waals surface area contributed by atoms with Gasteiger partial charge in [0.05, 0.1) is 26.1 Å². The summed E-state index contributed by atoms with van der Waals surface area (Å²) in [7, 11) is 0. The summed E-state index contributed by atoms with van der Waals surface area (Å²) in [5.74, 6) is 2.06. The normalized spacial score (nSPS) is 15.4. The van der Waals surface area contributed by atoms with Crippen LogP contribution < -0.4 is 0 Å². The Labute approximate surface area is 177 Å². The molecule has 0 aliphatic carbocycles. The van der Waals surface area contributed by atoms with E-state index in [1.807, 2.05) is 16.7 Å². The molecule has 4 rings (SSSR count). The molecular formula is C17H20Cl2N6O2S. The predicted octanol–water partition coefficient (Wildman–Crippen LogP) is 3.47. The second-order valence-corrected chi connectivity index (χ2v) is 7.63. The summed E-state index contributed by atoms with van der Waals surface area (Å²) in [6.07, 6.45) is 2.55. The largest absolute Gasteiger partial charge is 0.456 e. The minimum Gasteiger partial charge on any atom is -0.456 e. The van der Waals surface area contributed by atoms with Crippen LogP contribution in [-0.4, -0.2) is 62.1 Å². The Morgan fingerprint density at radius 1 is 1.18 bits per heavy atom. The molecule has 3 aromatic rings. The zero-order valence-electron chi connectivity index (χ0n) is 15.1. The first-order valence-electron chi connectivity index (χ1n) is 9.02. The summed E-state index contributed by atoms with van der Waals surface area (Å²) in [5, 5.41) is 7.86. The van der Waals surface area contributed by atoms with Crippen LogP contribution in [0.25, 0.3) is 11.6 Å². The number of hydrogen-bond donors (Lipinski definition) is 1. The fourth-order valence-electron chi connectivity index (χ4n) is 3.19. The Morgan fingerprint density at radius 3 is 2.75 bits per heavy atom. The van der Waals surface area contributed by atoms with Crippen molar-refractivity contribution in [3.63, 3.8) is 0 Å². The van der Waals surface area contributed by atoms with Crippen molar-refractivity contribution in [2.45, 2.75) is 19.5 Å². The molecule has 1 aliphatic rings. The lowest BCUT2D eigenvalue weighted by atomic mass is 10.3. The Hall–Kier alpha value is -1.65. The second kappa shape index (κ2) is 8.79. The summed E-state index contributed by atoms with van der Waals surface area (Å²) in [6.45, 7) is 5.76. The van der Waals surface area contributed by atoms with Gasteiger partial charge in [-0.3, -0.25) is 14.6 Å². The SMILES string of the molecule is S=c1[nH]nc(-c2ccc(Cn3cnc(Cl)c3Cl)o2)n1CCCN1CCOCC1. The topological polar surface area (TPSA) is 77.0 Å². The number of ether oxygens (including phenoxy) is 1. The number of nitrogens with one attached hydrogen (secondary N) is 1. The highest BCUT2D eigenvalue weighted by Gasteiger charge is 2.16. The lowest BCUT2D eigenvalue weighted by molar-refractivity contribution is 0.0369. The van der Waals surface area contributed by atoms with Gasteiger partial charge in [-0.2, -0.15) is 5.10 Å². The summed E-state index contributed by atoms with van der Waals surface area (Å²) < 4.78 is 15.6. The molecule has 0 amide bonds. The van der Waals surface area contributed by atoms with Gasteiger partial charge in [0.1, 0.15) is 10.9 Å². The first kappa shape index (κ1) is 19.7. The van der Waals surface area contributed by atoms with E-state index in [9.17, 15) is 0 Å². The smallest absolute Gasteiger partial charge is 0.198 e. The average molecular weight is 443 g/mol. The number of nitrogens with zero attached hydrogens (tertiary/aromatic N) is 5. The molecule has 0 unspecified atom stereocenters. The molecule has 0 radical (unpaired) electrons. The van der Waals surface area contributed by atoms with Crippen LogP contribution in [0.3, 0.4) is 0 Å². The maximum atomic E-state index is 6.11. The van der Waals surface area contributed by atoms with Crippen molar-refractivity contribution in [1.29, 1.82) is 0 Å². The summed E-state index contributed by atoms with van der Waals surface area (Å²) in [5.41, 5.74) is 0. The Bertz CT molecular complexity index is 988. The van der Waals surface area contributed by atoms with Gasteiger partial charge < -0.3 is 13.7 Å². The molecule has 1 aliphatic heterocycles. The van der Waals surface area contributed by atoms with Gasteiger partial charge >= 0.3 is 0 Å². The highest BCUT2D eigenvalue weighted by molar-refractivity contribution is 7.71. The highest BCUT2D eigenvalue weighted by atomic mass is 35.5. The first-order chi connectivity index (χ1) is 13.6. The van der Waals surface area contributed by atoms with Crippen molar-refractivity contribution in [2.24, 2.45) is 0 Å².